The van der Waals surface area contributed by atoms with Gasteiger partial charge in [0.1, 0.15) is 30.2 Å². The lowest BCUT2D eigenvalue weighted by Crippen LogP contribution is -2.41. The van der Waals surface area contributed by atoms with Gasteiger partial charge in [-0.15, -0.1) is 0 Å². The molecular formula is C23H30N3O9P. The van der Waals surface area contributed by atoms with Crippen molar-refractivity contribution in [1.82, 2.24) is 14.4 Å². The lowest BCUT2D eigenvalue weighted by atomic mass is 9.96. The summed E-state index contributed by atoms with van der Waals surface area (Å²) in [6.07, 6.45) is 1.08. The molecule has 2 aliphatic rings. The van der Waals surface area contributed by atoms with Crippen LogP contribution < -0.4 is 16.1 Å². The number of benzene rings is 1. The largest absolute Gasteiger partial charge is 0.461 e. The average Bonchev–Trinajstić information content (AvgIpc) is 3.20. The molecule has 0 amide bonds. The SMILES string of the molecule is Cc1cn([C@@H]2C[C@@H](O)[C@H](CO[PH](=O)N(Oc3ccccc3)C(C)C(=O)OC3CCC3)O2)c(=O)[nH]c1=O. The van der Waals surface area contributed by atoms with E-state index in [4.69, 9.17) is 18.8 Å². The summed E-state index contributed by atoms with van der Waals surface area (Å²) >= 11 is 0. The van der Waals surface area contributed by atoms with Crippen LogP contribution in [0.5, 0.6) is 5.75 Å². The molecule has 0 radical (unpaired) electrons. The van der Waals surface area contributed by atoms with Gasteiger partial charge in [0.05, 0.1) is 12.7 Å². The standard InChI is InChI=1S/C23H30N3O9P/c1-14-12-25(23(30)24-21(14)28)20-11-18(27)19(34-20)13-32-36(31)26(35-17-7-4-3-5-8-17)15(2)22(29)33-16-9-6-10-16/h3-5,7-8,12,15-16,18-20,27,36H,6,9-11,13H2,1-2H3,(H,24,28,30)/t15?,18-,19+,20+/m1/s1. The van der Waals surface area contributed by atoms with Crippen molar-refractivity contribution in [3.8, 4) is 5.75 Å². The first kappa shape index (κ1) is 26.3. The van der Waals surface area contributed by atoms with E-state index in [0.29, 0.717) is 11.3 Å². The third-order valence-electron chi connectivity index (χ3n) is 6.19. The highest BCUT2D eigenvalue weighted by Crippen LogP contribution is 2.36. The number of hydroxylamine groups is 1. The highest BCUT2D eigenvalue weighted by Gasteiger charge is 2.38. The maximum atomic E-state index is 13.1. The van der Waals surface area contributed by atoms with Crippen LogP contribution in [0.2, 0.25) is 0 Å². The number of hydrogen-bond acceptors (Lipinski definition) is 9. The van der Waals surface area contributed by atoms with Gasteiger partial charge in [-0.2, -0.15) is 0 Å². The van der Waals surface area contributed by atoms with E-state index in [1.165, 1.54) is 17.7 Å². The summed E-state index contributed by atoms with van der Waals surface area (Å²) in [6, 6.07) is 7.50. The number of aryl methyl sites for hydroxylation is 1. The third kappa shape index (κ3) is 6.13. The van der Waals surface area contributed by atoms with Crippen molar-refractivity contribution in [2.45, 2.75) is 70.1 Å². The normalized spacial score (nSPS) is 23.7. The number of para-hydroxylation sites is 1. The number of rotatable bonds is 10. The van der Waals surface area contributed by atoms with Crippen LogP contribution in [0.1, 0.15) is 44.4 Å². The van der Waals surface area contributed by atoms with Crippen LogP contribution >= 0.6 is 8.18 Å². The third-order valence-corrected chi connectivity index (χ3v) is 7.44. The predicted molar refractivity (Wildman–Crippen MR) is 128 cm³/mol. The Labute approximate surface area is 207 Å². The number of nitrogens with one attached hydrogen (secondary N) is 1. The van der Waals surface area contributed by atoms with Crippen LogP contribution in [0.15, 0.2) is 46.1 Å². The molecule has 5 atom stereocenters. The zero-order chi connectivity index (χ0) is 25.8. The quantitative estimate of drug-likeness (QED) is 0.268. The van der Waals surface area contributed by atoms with Gasteiger partial charge in [-0.3, -0.25) is 23.7 Å². The van der Waals surface area contributed by atoms with Crippen LogP contribution in [0.3, 0.4) is 0 Å². The zero-order valence-corrected chi connectivity index (χ0v) is 21.0. The summed E-state index contributed by atoms with van der Waals surface area (Å²) in [5.41, 5.74) is -0.857. The van der Waals surface area contributed by atoms with Gasteiger partial charge in [0, 0.05) is 18.2 Å². The average molecular weight is 523 g/mol. The van der Waals surface area contributed by atoms with E-state index < -0.39 is 49.9 Å². The second kappa shape index (κ2) is 11.5. The van der Waals surface area contributed by atoms with Crippen LogP contribution in [-0.2, 0) is 23.4 Å². The Hall–Kier alpha value is -2.76. The molecule has 196 valence electrons. The van der Waals surface area contributed by atoms with Gasteiger partial charge in [0.15, 0.2) is 0 Å². The van der Waals surface area contributed by atoms with Crippen molar-refractivity contribution in [2.75, 3.05) is 6.61 Å². The Morgan fingerprint density at radius 2 is 2.03 bits per heavy atom. The maximum Gasteiger partial charge on any atom is 0.330 e. The number of carbonyl (C=O) groups excluding carboxylic acids is 1. The molecule has 4 rings (SSSR count). The Bertz CT molecular complexity index is 1200. The minimum atomic E-state index is -3.15. The molecule has 1 saturated heterocycles. The van der Waals surface area contributed by atoms with E-state index in [9.17, 15) is 24.1 Å². The van der Waals surface area contributed by atoms with Crippen molar-refractivity contribution < 1.29 is 33.3 Å². The molecule has 2 fully saturated rings. The highest BCUT2D eigenvalue weighted by atomic mass is 31.1. The zero-order valence-electron chi connectivity index (χ0n) is 20.0. The smallest absolute Gasteiger partial charge is 0.330 e. The highest BCUT2D eigenvalue weighted by molar-refractivity contribution is 7.36. The van der Waals surface area contributed by atoms with Crippen LogP contribution in [0.4, 0.5) is 0 Å². The number of hydrogen-bond donors (Lipinski definition) is 2. The Morgan fingerprint density at radius 3 is 2.69 bits per heavy atom. The monoisotopic (exact) mass is 523 g/mol. The molecule has 12 nitrogen and oxygen atoms in total. The fraction of sp³-hybridized carbons (Fsp3) is 0.522. The Morgan fingerprint density at radius 1 is 1.31 bits per heavy atom. The minimum Gasteiger partial charge on any atom is -0.461 e. The lowest BCUT2D eigenvalue weighted by molar-refractivity contribution is -0.164. The summed E-state index contributed by atoms with van der Waals surface area (Å²) in [7, 11) is -3.15. The van der Waals surface area contributed by atoms with Crippen molar-refractivity contribution in [1.29, 1.82) is 0 Å². The van der Waals surface area contributed by atoms with E-state index >= 15 is 0 Å². The van der Waals surface area contributed by atoms with Gasteiger partial charge >= 0.3 is 11.7 Å². The number of aliphatic hydroxyl groups excluding tert-OH is 1. The number of aliphatic hydroxyl groups is 1. The van der Waals surface area contributed by atoms with Crippen molar-refractivity contribution in [2.24, 2.45) is 0 Å². The van der Waals surface area contributed by atoms with E-state index in [0.717, 1.165) is 24.1 Å². The number of nitrogens with zero attached hydrogens (tertiary/aromatic N) is 2. The molecule has 2 aromatic rings. The fourth-order valence-corrected chi connectivity index (χ4v) is 4.81. The number of aromatic amines is 1. The fourth-order valence-electron chi connectivity index (χ4n) is 3.77. The molecule has 36 heavy (non-hydrogen) atoms. The van der Waals surface area contributed by atoms with Gasteiger partial charge in [-0.25, -0.2) is 4.79 Å². The molecule has 2 N–H and O–H groups in total. The second-order valence-corrected chi connectivity index (χ2v) is 10.1. The van der Waals surface area contributed by atoms with Crippen LogP contribution in [0, 0.1) is 6.92 Å². The summed E-state index contributed by atoms with van der Waals surface area (Å²) in [5.74, 6) is -0.226. The van der Waals surface area contributed by atoms with Gasteiger partial charge < -0.3 is 23.9 Å². The number of ether oxygens (including phenoxy) is 2. The van der Waals surface area contributed by atoms with Gasteiger partial charge in [-0.05, 0) is 45.2 Å². The van der Waals surface area contributed by atoms with Crippen LogP contribution in [0.25, 0.3) is 0 Å². The molecule has 0 bridgehead atoms. The summed E-state index contributed by atoms with van der Waals surface area (Å²) < 4.78 is 31.0. The molecule has 1 aliphatic heterocycles. The van der Waals surface area contributed by atoms with E-state index in [1.807, 2.05) is 0 Å². The van der Waals surface area contributed by atoms with Gasteiger partial charge in [0.25, 0.3) is 13.7 Å². The molecule has 13 heteroatoms. The molecule has 0 spiro atoms. The number of H-pyrrole nitrogens is 1. The first-order chi connectivity index (χ1) is 17.2. The van der Waals surface area contributed by atoms with E-state index in [2.05, 4.69) is 4.98 Å². The first-order valence-electron chi connectivity index (χ1n) is 11.8. The molecule has 1 aromatic heterocycles. The summed E-state index contributed by atoms with van der Waals surface area (Å²) in [4.78, 5) is 45.3. The number of carbonyl (C=O) groups is 1. The number of aromatic nitrogens is 2. The topological polar surface area (TPSA) is 149 Å². The van der Waals surface area contributed by atoms with Gasteiger partial charge in [0.2, 0.25) is 0 Å². The summed E-state index contributed by atoms with van der Waals surface area (Å²) in [5, 5.41) is 10.5. The molecule has 2 heterocycles. The van der Waals surface area contributed by atoms with Crippen molar-refractivity contribution in [3.05, 3.63) is 62.9 Å². The van der Waals surface area contributed by atoms with Crippen LogP contribution in [-0.4, -0.2) is 56.4 Å². The molecule has 1 aliphatic carbocycles. The predicted octanol–water partition coefficient (Wildman–Crippen LogP) is 1.68. The molecule has 1 aromatic carbocycles. The van der Waals surface area contributed by atoms with Crippen molar-refractivity contribution >= 4 is 14.1 Å². The van der Waals surface area contributed by atoms with E-state index in [1.54, 1.807) is 37.3 Å². The molecule has 1 saturated carbocycles. The Balaban J connectivity index is 1.41. The Kier molecular flexibility index (Phi) is 8.43. The van der Waals surface area contributed by atoms with Gasteiger partial charge in [-0.1, -0.05) is 23.0 Å². The van der Waals surface area contributed by atoms with E-state index in [-0.39, 0.29) is 19.1 Å². The second-order valence-electron chi connectivity index (χ2n) is 8.88. The number of esters is 1. The maximum absolute atomic E-state index is 13.1. The molecule has 2 unspecified atom stereocenters. The summed E-state index contributed by atoms with van der Waals surface area (Å²) in [6.45, 7) is 2.77. The van der Waals surface area contributed by atoms with Crippen molar-refractivity contribution in [3.63, 3.8) is 0 Å². The minimum absolute atomic E-state index is 0.0642. The first-order valence-corrected chi connectivity index (χ1v) is 13.0. The lowest BCUT2D eigenvalue weighted by Gasteiger charge is -2.30. The molecular weight excluding hydrogens is 493 g/mol.